The van der Waals surface area contributed by atoms with Crippen molar-refractivity contribution in [3.05, 3.63) is 99.2 Å². The third-order valence-corrected chi connectivity index (χ3v) is 6.66. The van der Waals surface area contributed by atoms with Gasteiger partial charge in [-0.15, -0.1) is 0 Å². The van der Waals surface area contributed by atoms with Gasteiger partial charge in [0.05, 0.1) is 5.75 Å². The van der Waals surface area contributed by atoms with Crippen LogP contribution in [-0.2, 0) is 15.6 Å². The van der Waals surface area contributed by atoms with Crippen LogP contribution in [0.25, 0.3) is 32.7 Å². The summed E-state index contributed by atoms with van der Waals surface area (Å²) in [6, 6.07) is 20.0. The fourth-order valence-electron chi connectivity index (χ4n) is 3.62. The van der Waals surface area contributed by atoms with E-state index >= 15 is 0 Å². The maximum atomic E-state index is 13.1. The van der Waals surface area contributed by atoms with Crippen LogP contribution >= 0.6 is 0 Å². The summed E-state index contributed by atoms with van der Waals surface area (Å²) in [4.78, 5) is 24.1. The van der Waals surface area contributed by atoms with Gasteiger partial charge in [0.2, 0.25) is 0 Å². The van der Waals surface area contributed by atoms with Gasteiger partial charge < -0.3 is 8.83 Å². The van der Waals surface area contributed by atoms with Crippen LogP contribution in [0.4, 0.5) is 0 Å². The van der Waals surface area contributed by atoms with Gasteiger partial charge in [-0.05, 0) is 23.1 Å². The van der Waals surface area contributed by atoms with Crippen molar-refractivity contribution in [2.75, 3.05) is 0 Å². The molecule has 0 bridgehead atoms. The molecule has 0 saturated heterocycles. The standard InChI is InChI=1S/C23H14O6S/c24-21-12-16(18-10-9-14-5-1-3-7-17(14)22(18)29-21)13-30(26,27)20-11-15-6-2-4-8-19(15)28-23(20)25/h1-12H,13H2. The summed E-state index contributed by atoms with van der Waals surface area (Å²) in [5, 5.41) is 2.57. The molecule has 0 aliphatic heterocycles. The summed E-state index contributed by atoms with van der Waals surface area (Å²) < 4.78 is 36.7. The molecule has 2 aromatic heterocycles. The van der Waals surface area contributed by atoms with E-state index in [1.807, 2.05) is 24.3 Å². The minimum Gasteiger partial charge on any atom is -0.422 e. The van der Waals surface area contributed by atoms with E-state index in [4.69, 9.17) is 8.83 Å². The van der Waals surface area contributed by atoms with Crippen LogP contribution in [0.1, 0.15) is 5.56 Å². The maximum absolute atomic E-state index is 13.1. The molecule has 0 N–H and O–H groups in total. The second-order valence-electron chi connectivity index (χ2n) is 6.95. The Morgan fingerprint density at radius 2 is 1.47 bits per heavy atom. The fourth-order valence-corrected chi connectivity index (χ4v) is 5.02. The first-order chi connectivity index (χ1) is 14.4. The van der Waals surface area contributed by atoms with Crippen molar-refractivity contribution in [1.82, 2.24) is 0 Å². The van der Waals surface area contributed by atoms with E-state index in [0.29, 0.717) is 27.3 Å². The van der Waals surface area contributed by atoms with Crippen molar-refractivity contribution >= 4 is 42.5 Å². The van der Waals surface area contributed by atoms with Gasteiger partial charge in [-0.1, -0.05) is 54.6 Å². The summed E-state index contributed by atoms with van der Waals surface area (Å²) in [5.41, 5.74) is -0.712. The highest BCUT2D eigenvalue weighted by molar-refractivity contribution is 7.90. The molecule has 0 amide bonds. The summed E-state index contributed by atoms with van der Waals surface area (Å²) in [6.07, 6.45) is 0. The number of sulfone groups is 1. The summed E-state index contributed by atoms with van der Waals surface area (Å²) in [6.45, 7) is 0. The normalized spacial score (nSPS) is 12.0. The highest BCUT2D eigenvalue weighted by Gasteiger charge is 2.23. The monoisotopic (exact) mass is 418 g/mol. The minimum atomic E-state index is -4.08. The molecule has 5 aromatic rings. The molecule has 0 aliphatic rings. The van der Waals surface area contributed by atoms with E-state index in [-0.39, 0.29) is 5.56 Å². The molecule has 0 aliphatic carbocycles. The number of fused-ring (bicyclic) bond motifs is 4. The second kappa shape index (κ2) is 6.67. The zero-order chi connectivity index (χ0) is 20.9. The number of para-hydroxylation sites is 1. The molecule has 30 heavy (non-hydrogen) atoms. The van der Waals surface area contributed by atoms with Crippen molar-refractivity contribution in [3.63, 3.8) is 0 Å². The Balaban J connectivity index is 1.70. The number of hydrogen-bond donors (Lipinski definition) is 0. The largest absolute Gasteiger partial charge is 0.422 e. The Morgan fingerprint density at radius 1 is 0.733 bits per heavy atom. The number of benzene rings is 3. The van der Waals surface area contributed by atoms with Crippen molar-refractivity contribution in [2.24, 2.45) is 0 Å². The Hall–Kier alpha value is -3.71. The highest BCUT2D eigenvalue weighted by Crippen LogP contribution is 2.28. The van der Waals surface area contributed by atoms with Crippen molar-refractivity contribution in [1.29, 1.82) is 0 Å². The summed E-state index contributed by atoms with van der Waals surface area (Å²) in [7, 11) is -4.08. The quantitative estimate of drug-likeness (QED) is 0.324. The molecule has 0 saturated carbocycles. The molecule has 0 unspecified atom stereocenters. The highest BCUT2D eigenvalue weighted by atomic mass is 32.2. The molecule has 5 rings (SSSR count). The lowest BCUT2D eigenvalue weighted by molar-refractivity contribution is 0.532. The topological polar surface area (TPSA) is 94.6 Å². The first-order valence-corrected chi connectivity index (χ1v) is 10.8. The van der Waals surface area contributed by atoms with Crippen LogP contribution < -0.4 is 11.3 Å². The third kappa shape index (κ3) is 3.00. The van der Waals surface area contributed by atoms with Gasteiger partial charge in [0.25, 0.3) is 0 Å². The Kier molecular flexibility index (Phi) is 4.08. The molecule has 148 valence electrons. The Bertz CT molecular complexity index is 1680. The van der Waals surface area contributed by atoms with Gasteiger partial charge >= 0.3 is 11.3 Å². The van der Waals surface area contributed by atoms with E-state index in [2.05, 4.69) is 0 Å². The van der Waals surface area contributed by atoms with E-state index in [1.54, 1.807) is 36.4 Å². The molecule has 2 heterocycles. The first-order valence-electron chi connectivity index (χ1n) is 9.12. The van der Waals surface area contributed by atoms with Crippen LogP contribution in [-0.4, -0.2) is 8.42 Å². The van der Waals surface area contributed by atoms with Crippen LogP contribution in [0.5, 0.6) is 0 Å². The van der Waals surface area contributed by atoms with Gasteiger partial charge in [-0.2, -0.15) is 0 Å². The lowest BCUT2D eigenvalue weighted by atomic mass is 10.0. The van der Waals surface area contributed by atoms with E-state index < -0.39 is 31.7 Å². The average Bonchev–Trinajstić information content (AvgIpc) is 2.72. The molecule has 0 atom stereocenters. The van der Waals surface area contributed by atoms with Crippen molar-refractivity contribution in [3.8, 4) is 0 Å². The molecule has 0 radical (unpaired) electrons. The van der Waals surface area contributed by atoms with Crippen molar-refractivity contribution < 1.29 is 17.3 Å². The van der Waals surface area contributed by atoms with Gasteiger partial charge in [-0.25, -0.2) is 18.0 Å². The predicted octanol–water partition coefficient (Wildman–Crippen LogP) is 4.03. The SMILES string of the molecule is O=c1cc(CS(=O)(=O)c2cc3ccccc3oc2=O)c2ccc3ccccc3c2o1. The van der Waals surface area contributed by atoms with E-state index in [9.17, 15) is 18.0 Å². The molecular formula is C23H14O6S. The zero-order valence-corrected chi connectivity index (χ0v) is 16.3. The maximum Gasteiger partial charge on any atom is 0.355 e. The van der Waals surface area contributed by atoms with Gasteiger partial charge in [0.15, 0.2) is 14.7 Å². The summed E-state index contributed by atoms with van der Waals surface area (Å²) >= 11 is 0. The molecular weight excluding hydrogens is 404 g/mol. The Morgan fingerprint density at radius 3 is 2.30 bits per heavy atom. The molecule has 6 nitrogen and oxygen atoms in total. The van der Waals surface area contributed by atoms with Crippen LogP contribution in [0.2, 0.25) is 0 Å². The number of hydrogen-bond acceptors (Lipinski definition) is 6. The predicted molar refractivity (Wildman–Crippen MR) is 113 cm³/mol. The van der Waals surface area contributed by atoms with Crippen LogP contribution in [0.3, 0.4) is 0 Å². The number of rotatable bonds is 3. The first kappa shape index (κ1) is 18.3. The smallest absolute Gasteiger partial charge is 0.355 e. The molecule has 0 spiro atoms. The Labute approximate surface area is 169 Å². The second-order valence-corrected chi connectivity index (χ2v) is 8.91. The molecule has 0 fully saturated rings. The van der Waals surface area contributed by atoms with Crippen molar-refractivity contribution in [2.45, 2.75) is 10.6 Å². The molecule has 7 heteroatoms. The van der Waals surface area contributed by atoms with Crippen LogP contribution in [0.15, 0.2) is 96.1 Å². The fraction of sp³-hybridized carbons (Fsp3) is 0.0435. The average molecular weight is 418 g/mol. The lowest BCUT2D eigenvalue weighted by Gasteiger charge is -2.09. The van der Waals surface area contributed by atoms with Gasteiger partial charge in [-0.3, -0.25) is 0 Å². The van der Waals surface area contributed by atoms with Gasteiger partial charge in [0, 0.05) is 22.2 Å². The van der Waals surface area contributed by atoms with E-state index in [1.165, 1.54) is 6.07 Å². The summed E-state index contributed by atoms with van der Waals surface area (Å²) in [5.74, 6) is -0.531. The molecule has 3 aromatic carbocycles. The van der Waals surface area contributed by atoms with Gasteiger partial charge in [0.1, 0.15) is 11.2 Å². The lowest BCUT2D eigenvalue weighted by Crippen LogP contribution is -2.16. The zero-order valence-electron chi connectivity index (χ0n) is 15.5. The minimum absolute atomic E-state index is 0.263. The van der Waals surface area contributed by atoms with Crippen LogP contribution in [0, 0.1) is 0 Å². The van der Waals surface area contributed by atoms with E-state index in [0.717, 1.165) is 11.5 Å². The third-order valence-electron chi connectivity index (χ3n) is 5.01.